The van der Waals surface area contributed by atoms with Gasteiger partial charge >= 0.3 is 0 Å². The first kappa shape index (κ1) is 14.1. The highest BCUT2D eigenvalue weighted by atomic mass is 16.1. The summed E-state index contributed by atoms with van der Waals surface area (Å²) < 4.78 is 0. The molecule has 0 aliphatic heterocycles. The van der Waals surface area contributed by atoms with Crippen molar-refractivity contribution in [3.63, 3.8) is 0 Å². The third kappa shape index (κ3) is 2.67. The van der Waals surface area contributed by atoms with Crippen LogP contribution in [-0.4, -0.2) is 5.91 Å². The van der Waals surface area contributed by atoms with Crippen LogP contribution in [0.2, 0.25) is 0 Å². The molecule has 0 atom stereocenters. The van der Waals surface area contributed by atoms with Crippen LogP contribution in [0.3, 0.4) is 0 Å². The fraction of sp³-hybridized carbons (Fsp3) is 0.235. The summed E-state index contributed by atoms with van der Waals surface area (Å²) in [4.78, 5) is 12.4. The maximum Gasteiger partial charge on any atom is 0.257 e. The van der Waals surface area contributed by atoms with Crippen molar-refractivity contribution in [3.8, 4) is 0 Å². The van der Waals surface area contributed by atoms with E-state index in [4.69, 9.17) is 5.73 Å². The molecule has 2 aromatic rings. The summed E-state index contributed by atoms with van der Waals surface area (Å²) >= 11 is 0. The summed E-state index contributed by atoms with van der Waals surface area (Å²) in [5.41, 5.74) is 12.1. The van der Waals surface area contributed by atoms with Crippen LogP contribution >= 0.6 is 0 Å². The number of nitrogens with one attached hydrogen (secondary N) is 1. The van der Waals surface area contributed by atoms with Gasteiger partial charge < -0.3 is 11.1 Å². The quantitative estimate of drug-likeness (QED) is 0.815. The molecule has 0 heterocycles. The summed E-state index contributed by atoms with van der Waals surface area (Å²) in [6.07, 6.45) is 0. The lowest BCUT2D eigenvalue weighted by Crippen LogP contribution is -2.16. The van der Waals surface area contributed by atoms with E-state index in [1.54, 1.807) is 6.07 Å². The minimum atomic E-state index is -0.166. The molecule has 0 aliphatic rings. The largest absolute Gasteiger partial charge is 0.398 e. The average molecular weight is 268 g/mol. The van der Waals surface area contributed by atoms with Crippen molar-refractivity contribution in [2.45, 2.75) is 27.7 Å². The van der Waals surface area contributed by atoms with Gasteiger partial charge in [-0.2, -0.15) is 0 Å². The van der Waals surface area contributed by atoms with Crippen LogP contribution in [0.1, 0.15) is 32.6 Å². The molecule has 0 fully saturated rings. The molecule has 3 N–H and O–H groups in total. The fourth-order valence-electron chi connectivity index (χ4n) is 2.44. The molecular formula is C17H20N2O. The molecule has 3 nitrogen and oxygen atoms in total. The zero-order chi connectivity index (χ0) is 14.9. The van der Waals surface area contributed by atoms with Crippen LogP contribution in [0.15, 0.2) is 30.3 Å². The van der Waals surface area contributed by atoms with Crippen molar-refractivity contribution in [1.29, 1.82) is 0 Å². The molecule has 3 heteroatoms. The molecule has 0 bridgehead atoms. The second kappa shape index (κ2) is 5.37. The number of para-hydroxylation sites is 1. The first-order chi connectivity index (χ1) is 9.40. The van der Waals surface area contributed by atoms with E-state index in [-0.39, 0.29) is 5.91 Å². The van der Waals surface area contributed by atoms with Gasteiger partial charge in [0.15, 0.2) is 0 Å². The van der Waals surface area contributed by atoms with Crippen molar-refractivity contribution in [2.24, 2.45) is 0 Å². The maximum absolute atomic E-state index is 12.4. The molecule has 0 aliphatic carbocycles. The molecule has 104 valence electrons. The van der Waals surface area contributed by atoms with E-state index in [1.807, 2.05) is 39.8 Å². The molecule has 2 rings (SSSR count). The zero-order valence-corrected chi connectivity index (χ0v) is 12.4. The van der Waals surface area contributed by atoms with Gasteiger partial charge in [-0.3, -0.25) is 4.79 Å². The zero-order valence-electron chi connectivity index (χ0n) is 12.4. The number of nitrogen functional groups attached to an aromatic ring is 1. The second-order valence-electron chi connectivity index (χ2n) is 5.26. The van der Waals surface area contributed by atoms with Gasteiger partial charge in [0, 0.05) is 11.4 Å². The molecule has 20 heavy (non-hydrogen) atoms. The van der Waals surface area contributed by atoms with E-state index < -0.39 is 0 Å². The van der Waals surface area contributed by atoms with Gasteiger partial charge in [-0.05, 0) is 50.5 Å². The fourth-order valence-corrected chi connectivity index (χ4v) is 2.44. The Kier molecular flexibility index (Phi) is 3.79. The number of rotatable bonds is 2. The topological polar surface area (TPSA) is 55.1 Å². The SMILES string of the molecule is Cc1cc(C)c(NC(=O)c2cccc(C)c2N)c(C)c1. The Hall–Kier alpha value is -2.29. The second-order valence-corrected chi connectivity index (χ2v) is 5.26. The number of nitrogens with two attached hydrogens (primary N) is 1. The van der Waals surface area contributed by atoms with Gasteiger partial charge in [0.25, 0.3) is 5.91 Å². The van der Waals surface area contributed by atoms with Gasteiger partial charge in [-0.15, -0.1) is 0 Å². The number of anilines is 2. The van der Waals surface area contributed by atoms with E-state index in [0.29, 0.717) is 11.3 Å². The molecule has 0 saturated heterocycles. The van der Waals surface area contributed by atoms with E-state index in [9.17, 15) is 4.79 Å². The minimum absolute atomic E-state index is 0.166. The normalized spacial score (nSPS) is 10.4. The standard InChI is InChI=1S/C17H20N2O/c1-10-8-12(3)16(13(4)9-10)19-17(20)14-7-5-6-11(2)15(14)18/h5-9H,18H2,1-4H3,(H,19,20). The first-order valence-corrected chi connectivity index (χ1v) is 6.64. The Morgan fingerprint density at radius 1 is 1.00 bits per heavy atom. The van der Waals surface area contributed by atoms with Crippen LogP contribution < -0.4 is 11.1 Å². The van der Waals surface area contributed by atoms with E-state index in [0.717, 1.165) is 22.4 Å². The maximum atomic E-state index is 12.4. The Morgan fingerprint density at radius 2 is 1.60 bits per heavy atom. The van der Waals surface area contributed by atoms with E-state index in [2.05, 4.69) is 17.4 Å². The average Bonchev–Trinajstić information content (AvgIpc) is 2.36. The van der Waals surface area contributed by atoms with Crippen molar-refractivity contribution in [2.75, 3.05) is 11.1 Å². The number of benzene rings is 2. The highest BCUT2D eigenvalue weighted by molar-refractivity contribution is 6.08. The van der Waals surface area contributed by atoms with E-state index >= 15 is 0 Å². The molecule has 0 spiro atoms. The summed E-state index contributed by atoms with van der Waals surface area (Å²) in [6, 6.07) is 9.60. The molecule has 2 aromatic carbocycles. The molecular weight excluding hydrogens is 248 g/mol. The molecule has 0 unspecified atom stereocenters. The summed E-state index contributed by atoms with van der Waals surface area (Å²) in [5.74, 6) is -0.166. The van der Waals surface area contributed by atoms with Crippen molar-refractivity contribution >= 4 is 17.3 Å². The smallest absolute Gasteiger partial charge is 0.257 e. The van der Waals surface area contributed by atoms with Crippen LogP contribution in [0.25, 0.3) is 0 Å². The summed E-state index contributed by atoms with van der Waals surface area (Å²) in [5, 5.41) is 2.97. The highest BCUT2D eigenvalue weighted by Crippen LogP contribution is 2.24. The predicted octanol–water partition coefficient (Wildman–Crippen LogP) is 3.75. The van der Waals surface area contributed by atoms with Crippen LogP contribution in [0, 0.1) is 27.7 Å². The Morgan fingerprint density at radius 3 is 2.20 bits per heavy atom. The Bertz CT molecular complexity index is 652. The highest BCUT2D eigenvalue weighted by Gasteiger charge is 2.13. The summed E-state index contributed by atoms with van der Waals surface area (Å²) in [7, 11) is 0. The lowest BCUT2D eigenvalue weighted by Gasteiger charge is -2.14. The minimum Gasteiger partial charge on any atom is -0.398 e. The number of hydrogen-bond acceptors (Lipinski definition) is 2. The number of aryl methyl sites for hydroxylation is 4. The van der Waals surface area contributed by atoms with Gasteiger partial charge in [0.05, 0.1) is 5.56 Å². The van der Waals surface area contributed by atoms with Gasteiger partial charge in [-0.25, -0.2) is 0 Å². The monoisotopic (exact) mass is 268 g/mol. The number of carbonyl (C=O) groups is 1. The first-order valence-electron chi connectivity index (χ1n) is 6.64. The lowest BCUT2D eigenvalue weighted by molar-refractivity contribution is 0.102. The van der Waals surface area contributed by atoms with Crippen LogP contribution in [0.4, 0.5) is 11.4 Å². The number of hydrogen-bond donors (Lipinski definition) is 2. The Labute approximate surface area is 119 Å². The van der Waals surface area contributed by atoms with E-state index in [1.165, 1.54) is 5.56 Å². The molecule has 0 saturated carbocycles. The number of amides is 1. The predicted molar refractivity (Wildman–Crippen MR) is 84.2 cm³/mol. The van der Waals surface area contributed by atoms with Gasteiger partial charge in [-0.1, -0.05) is 29.8 Å². The van der Waals surface area contributed by atoms with Crippen LogP contribution in [-0.2, 0) is 0 Å². The summed E-state index contributed by atoms with van der Waals surface area (Å²) in [6.45, 7) is 7.93. The number of carbonyl (C=O) groups excluding carboxylic acids is 1. The third-order valence-electron chi connectivity index (χ3n) is 3.48. The van der Waals surface area contributed by atoms with Gasteiger partial charge in [0.2, 0.25) is 0 Å². The molecule has 1 amide bonds. The molecule has 0 radical (unpaired) electrons. The molecule has 0 aromatic heterocycles. The Balaban J connectivity index is 2.36. The van der Waals surface area contributed by atoms with Gasteiger partial charge in [0.1, 0.15) is 0 Å². The third-order valence-corrected chi connectivity index (χ3v) is 3.48. The van der Waals surface area contributed by atoms with Crippen molar-refractivity contribution in [3.05, 3.63) is 58.1 Å². The van der Waals surface area contributed by atoms with Crippen molar-refractivity contribution in [1.82, 2.24) is 0 Å². The van der Waals surface area contributed by atoms with Crippen LogP contribution in [0.5, 0.6) is 0 Å². The lowest BCUT2D eigenvalue weighted by atomic mass is 10.0. The van der Waals surface area contributed by atoms with Crippen molar-refractivity contribution < 1.29 is 4.79 Å².